The van der Waals surface area contributed by atoms with Crippen LogP contribution in [-0.2, 0) is 6.16 Å². The van der Waals surface area contributed by atoms with Crippen molar-refractivity contribution in [1.29, 1.82) is 0 Å². The average molecular weight is 629 g/mol. The second kappa shape index (κ2) is 13.5. The zero-order valence-electron chi connectivity index (χ0n) is 22.7. The Balaban J connectivity index is 0.00000387. The molecule has 0 fully saturated rings. The monoisotopic (exact) mass is 628 g/mol. The van der Waals surface area contributed by atoms with Gasteiger partial charge < -0.3 is 36.3 Å². The fourth-order valence-corrected chi connectivity index (χ4v) is 9.12. The van der Waals surface area contributed by atoms with Gasteiger partial charge in [-0.15, -0.1) is 0 Å². The van der Waals surface area contributed by atoms with Crippen LogP contribution in [0.4, 0.5) is 0 Å². The van der Waals surface area contributed by atoms with Gasteiger partial charge in [-0.05, 0) is 60.7 Å². The van der Waals surface area contributed by atoms with Gasteiger partial charge >= 0.3 is 5.97 Å². The molecule has 41 heavy (non-hydrogen) atoms. The van der Waals surface area contributed by atoms with Crippen molar-refractivity contribution >= 4 is 29.1 Å². The maximum atomic E-state index is 12.9. The summed E-state index contributed by atoms with van der Waals surface area (Å²) in [5.41, 5.74) is 1.05. The van der Waals surface area contributed by atoms with Crippen molar-refractivity contribution in [3.05, 3.63) is 139 Å². The van der Waals surface area contributed by atoms with Gasteiger partial charge in [-0.1, -0.05) is 54.6 Å². The number of carbonyl (C=O) groups is 1. The number of benzene rings is 5. The van der Waals surface area contributed by atoms with Crippen LogP contribution >= 0.6 is 7.26 Å². The Bertz CT molecular complexity index is 1480. The van der Waals surface area contributed by atoms with Crippen molar-refractivity contribution in [1.82, 2.24) is 0 Å². The van der Waals surface area contributed by atoms with Crippen LogP contribution in [0.15, 0.2) is 127 Å². The molecule has 0 aromatic heterocycles. The zero-order chi connectivity index (χ0) is 28.0. The molecule has 0 unspecified atom stereocenters. The number of esters is 1. The van der Waals surface area contributed by atoms with Gasteiger partial charge in [0.2, 0.25) is 0 Å². The van der Waals surface area contributed by atoms with Crippen molar-refractivity contribution in [2.75, 3.05) is 14.2 Å². The van der Waals surface area contributed by atoms with Gasteiger partial charge in [0.1, 0.15) is 52.3 Å². The summed E-state index contributed by atoms with van der Waals surface area (Å²) in [6.07, 6.45) is 0.595. The molecule has 5 aromatic rings. The molecular formula is C34H30BrO5P. The van der Waals surface area contributed by atoms with Gasteiger partial charge in [0.15, 0.2) is 0 Å². The molecule has 7 heteroatoms. The van der Waals surface area contributed by atoms with E-state index in [9.17, 15) is 9.90 Å². The molecule has 0 amide bonds. The van der Waals surface area contributed by atoms with Crippen LogP contribution in [-0.4, -0.2) is 25.3 Å². The highest BCUT2D eigenvalue weighted by Crippen LogP contribution is 2.59. The first-order valence-corrected chi connectivity index (χ1v) is 14.8. The van der Waals surface area contributed by atoms with Gasteiger partial charge in [-0.3, -0.25) is 0 Å². The van der Waals surface area contributed by atoms with E-state index in [-0.39, 0.29) is 34.0 Å². The summed E-state index contributed by atoms with van der Waals surface area (Å²) in [7, 11) is 0.829. The lowest BCUT2D eigenvalue weighted by molar-refractivity contribution is -0.0000223. The molecule has 5 aromatic carbocycles. The number of phenolic OH excluding ortho intramolecular Hbond substituents is 1. The van der Waals surface area contributed by atoms with Crippen molar-refractivity contribution in [3.63, 3.8) is 0 Å². The van der Waals surface area contributed by atoms with Crippen molar-refractivity contribution in [3.8, 4) is 23.0 Å². The normalized spacial score (nSPS) is 10.8. The summed E-state index contributed by atoms with van der Waals surface area (Å²) in [6, 6.07) is 41.4. The number of methoxy groups -OCH3 is 2. The minimum absolute atomic E-state index is 0. The molecule has 0 bridgehead atoms. The van der Waals surface area contributed by atoms with Crippen LogP contribution in [0.25, 0.3) is 0 Å². The molecule has 0 atom stereocenters. The van der Waals surface area contributed by atoms with E-state index >= 15 is 0 Å². The number of ether oxygens (including phenoxy) is 3. The topological polar surface area (TPSA) is 65.0 Å². The molecule has 1 N–H and O–H groups in total. The van der Waals surface area contributed by atoms with Crippen LogP contribution in [0.3, 0.4) is 0 Å². The first kappa shape index (κ1) is 29.9. The first-order chi connectivity index (χ1) is 19.5. The number of hydrogen-bond acceptors (Lipinski definition) is 5. The van der Waals surface area contributed by atoms with Crippen LogP contribution in [0.2, 0.25) is 0 Å². The number of halogens is 1. The SMILES string of the molecule is COc1cc(OC)cc(C(=O)Oc2ccc(C[P+](c3ccccc3)(c3ccccc3)c3ccccc3)c(O)c2)c1.[Br-]. The lowest BCUT2D eigenvalue weighted by Gasteiger charge is -2.28. The highest BCUT2D eigenvalue weighted by atomic mass is 79.9. The molecule has 0 aliphatic heterocycles. The summed E-state index contributed by atoms with van der Waals surface area (Å²) < 4.78 is 16.1. The Morgan fingerprint density at radius 1 is 0.634 bits per heavy atom. The first-order valence-electron chi connectivity index (χ1n) is 12.9. The van der Waals surface area contributed by atoms with E-state index in [0.29, 0.717) is 17.7 Å². The molecule has 0 heterocycles. The smallest absolute Gasteiger partial charge is 0.343 e. The fourth-order valence-electron chi connectivity index (χ4n) is 4.86. The number of hydrogen-bond donors (Lipinski definition) is 1. The number of rotatable bonds is 9. The summed E-state index contributed by atoms with van der Waals surface area (Å²) in [4.78, 5) is 12.9. The van der Waals surface area contributed by atoms with Gasteiger partial charge in [0, 0.05) is 17.7 Å². The average Bonchev–Trinajstić information content (AvgIpc) is 3.01. The number of carbonyl (C=O) groups excluding carboxylic acids is 1. The summed E-state index contributed by atoms with van der Waals surface area (Å²) in [6.45, 7) is 0. The van der Waals surface area contributed by atoms with Crippen LogP contribution in [0.5, 0.6) is 23.0 Å². The molecule has 0 saturated heterocycles. The predicted octanol–water partition coefficient (Wildman–Crippen LogP) is 3.13. The molecule has 208 valence electrons. The van der Waals surface area contributed by atoms with Gasteiger partial charge in [0.25, 0.3) is 0 Å². The van der Waals surface area contributed by atoms with Crippen LogP contribution in [0, 0.1) is 0 Å². The molecular weight excluding hydrogens is 599 g/mol. The van der Waals surface area contributed by atoms with Gasteiger partial charge in [-0.25, -0.2) is 4.79 Å². The Kier molecular flexibility index (Phi) is 9.82. The maximum Gasteiger partial charge on any atom is 0.343 e. The highest BCUT2D eigenvalue weighted by Gasteiger charge is 2.45. The molecule has 5 rings (SSSR count). The van der Waals surface area contributed by atoms with Crippen molar-refractivity contribution in [2.24, 2.45) is 0 Å². The Hall–Kier alpha value is -4.12. The van der Waals surface area contributed by atoms with E-state index in [1.807, 2.05) is 24.3 Å². The molecule has 5 nitrogen and oxygen atoms in total. The maximum absolute atomic E-state index is 12.9. The molecule has 0 radical (unpaired) electrons. The molecule has 0 spiro atoms. The lowest BCUT2D eigenvalue weighted by atomic mass is 10.2. The third kappa shape index (κ3) is 6.45. The van der Waals surface area contributed by atoms with Crippen LogP contribution < -0.4 is 47.1 Å². The highest BCUT2D eigenvalue weighted by molar-refractivity contribution is 7.95. The second-order valence-electron chi connectivity index (χ2n) is 9.26. The lowest BCUT2D eigenvalue weighted by Crippen LogP contribution is -3.00. The molecule has 0 saturated carbocycles. The van der Waals surface area contributed by atoms with E-state index < -0.39 is 13.2 Å². The Morgan fingerprint density at radius 3 is 1.51 bits per heavy atom. The minimum Gasteiger partial charge on any atom is -1.00 e. The van der Waals surface area contributed by atoms with E-state index in [2.05, 4.69) is 72.8 Å². The van der Waals surface area contributed by atoms with E-state index in [1.165, 1.54) is 36.2 Å². The fraction of sp³-hybridized carbons (Fsp3) is 0.0882. The van der Waals surface area contributed by atoms with E-state index in [0.717, 1.165) is 5.56 Å². The summed E-state index contributed by atoms with van der Waals surface area (Å²) in [5, 5.41) is 14.9. The molecule has 0 aliphatic carbocycles. The van der Waals surface area contributed by atoms with E-state index in [4.69, 9.17) is 14.2 Å². The van der Waals surface area contributed by atoms with Gasteiger partial charge in [0.05, 0.1) is 19.8 Å². The number of aromatic hydroxyl groups is 1. The minimum atomic E-state index is -2.21. The Morgan fingerprint density at radius 2 is 1.10 bits per heavy atom. The summed E-state index contributed by atoms with van der Waals surface area (Å²) >= 11 is 0. The standard InChI is InChI=1S/C34H29O5P.BrH/c1-37-28-20-26(21-29(22-28)38-2)34(36)39-27-19-18-25(33(35)23-27)24-40(30-12-6-3-7-13-30,31-14-8-4-9-15-31)32-16-10-5-11-17-32;/h3-23H,24H2,1-2H3;1H. The quantitative estimate of drug-likeness (QED) is 0.154. The van der Waals surface area contributed by atoms with E-state index in [1.54, 1.807) is 24.3 Å². The Labute approximate surface area is 251 Å². The van der Waals surface area contributed by atoms with Crippen molar-refractivity contribution in [2.45, 2.75) is 6.16 Å². The zero-order valence-corrected chi connectivity index (χ0v) is 25.2. The largest absolute Gasteiger partial charge is 1.00 e. The van der Waals surface area contributed by atoms with Crippen molar-refractivity contribution < 1.29 is 41.1 Å². The number of phenols is 1. The predicted molar refractivity (Wildman–Crippen MR) is 161 cm³/mol. The molecule has 0 aliphatic rings. The third-order valence-electron chi connectivity index (χ3n) is 6.85. The third-order valence-corrected chi connectivity index (χ3v) is 11.2. The second-order valence-corrected chi connectivity index (χ2v) is 12.7. The van der Waals surface area contributed by atoms with Gasteiger partial charge in [-0.2, -0.15) is 0 Å². The summed E-state index contributed by atoms with van der Waals surface area (Å²) in [5.74, 6) is 0.695. The van der Waals surface area contributed by atoms with Crippen LogP contribution in [0.1, 0.15) is 15.9 Å².